The highest BCUT2D eigenvalue weighted by Crippen LogP contribution is 2.31. The molecule has 2 unspecified atom stereocenters. The van der Waals surface area contributed by atoms with Gasteiger partial charge in [0.25, 0.3) is 0 Å². The van der Waals surface area contributed by atoms with Crippen LogP contribution in [0.2, 0.25) is 0 Å². The minimum atomic E-state index is -0.751. The Kier molecular flexibility index (Phi) is 4.87. The summed E-state index contributed by atoms with van der Waals surface area (Å²) in [5.41, 5.74) is 0.929. The van der Waals surface area contributed by atoms with E-state index >= 15 is 0 Å². The SMILES string of the molecule is COC(=O)C(C(C)=O)C(C)c1ccccc1Br. The van der Waals surface area contributed by atoms with Crippen molar-refractivity contribution in [2.24, 2.45) is 5.92 Å². The minimum absolute atomic E-state index is 0.180. The molecule has 0 aromatic heterocycles. The zero-order valence-corrected chi connectivity index (χ0v) is 11.7. The Bertz CT molecular complexity index is 428. The average molecular weight is 299 g/mol. The number of carbonyl (C=O) groups is 2. The molecular formula is C13H15BrO3. The summed E-state index contributed by atoms with van der Waals surface area (Å²) in [7, 11) is 1.30. The van der Waals surface area contributed by atoms with Crippen LogP contribution in [0.1, 0.15) is 25.3 Å². The van der Waals surface area contributed by atoms with Crippen LogP contribution in [0.5, 0.6) is 0 Å². The van der Waals surface area contributed by atoms with Crippen molar-refractivity contribution in [1.82, 2.24) is 0 Å². The standard InChI is InChI=1S/C13H15BrO3/c1-8(10-6-4-5-7-11(10)14)12(9(2)15)13(16)17-3/h4-8,12H,1-3H3. The van der Waals surface area contributed by atoms with E-state index in [1.807, 2.05) is 31.2 Å². The van der Waals surface area contributed by atoms with E-state index in [9.17, 15) is 9.59 Å². The van der Waals surface area contributed by atoms with Crippen LogP contribution in [0.4, 0.5) is 0 Å². The number of carbonyl (C=O) groups excluding carboxylic acids is 2. The molecule has 0 saturated heterocycles. The highest BCUT2D eigenvalue weighted by molar-refractivity contribution is 9.10. The zero-order valence-electron chi connectivity index (χ0n) is 10.1. The summed E-state index contributed by atoms with van der Waals surface area (Å²) in [4.78, 5) is 23.2. The largest absolute Gasteiger partial charge is 0.468 e. The molecule has 1 rings (SSSR count). The number of halogens is 1. The van der Waals surface area contributed by atoms with Gasteiger partial charge in [-0.05, 0) is 18.6 Å². The van der Waals surface area contributed by atoms with Crippen LogP contribution in [0.3, 0.4) is 0 Å². The van der Waals surface area contributed by atoms with Crippen LogP contribution >= 0.6 is 15.9 Å². The van der Waals surface area contributed by atoms with Crippen LogP contribution < -0.4 is 0 Å². The van der Waals surface area contributed by atoms with E-state index in [0.29, 0.717) is 0 Å². The van der Waals surface area contributed by atoms with Crippen molar-refractivity contribution >= 4 is 27.7 Å². The molecule has 0 N–H and O–H groups in total. The smallest absolute Gasteiger partial charge is 0.316 e. The van der Waals surface area contributed by atoms with E-state index in [0.717, 1.165) is 10.0 Å². The van der Waals surface area contributed by atoms with Crippen molar-refractivity contribution in [2.45, 2.75) is 19.8 Å². The summed E-state index contributed by atoms with van der Waals surface area (Å²) in [6.07, 6.45) is 0. The first kappa shape index (κ1) is 13.9. The lowest BCUT2D eigenvalue weighted by Gasteiger charge is -2.20. The third-order valence-corrected chi connectivity index (χ3v) is 3.51. The van der Waals surface area contributed by atoms with Crippen LogP contribution in [-0.4, -0.2) is 18.9 Å². The Morgan fingerprint density at radius 3 is 2.35 bits per heavy atom. The Hall–Kier alpha value is -1.16. The van der Waals surface area contributed by atoms with Gasteiger partial charge >= 0.3 is 5.97 Å². The number of methoxy groups -OCH3 is 1. The van der Waals surface area contributed by atoms with Crippen LogP contribution in [-0.2, 0) is 14.3 Å². The van der Waals surface area contributed by atoms with Crippen molar-refractivity contribution < 1.29 is 14.3 Å². The number of Topliss-reactive ketones (excluding diaryl/α,β-unsaturated/α-hetero) is 1. The average Bonchev–Trinajstić information content (AvgIpc) is 2.28. The van der Waals surface area contributed by atoms with Gasteiger partial charge in [0.15, 0.2) is 0 Å². The van der Waals surface area contributed by atoms with Gasteiger partial charge in [0.1, 0.15) is 11.7 Å². The molecule has 0 aliphatic carbocycles. The van der Waals surface area contributed by atoms with Crippen molar-refractivity contribution in [3.05, 3.63) is 34.3 Å². The minimum Gasteiger partial charge on any atom is -0.468 e. The van der Waals surface area contributed by atoms with Crippen molar-refractivity contribution in [1.29, 1.82) is 0 Å². The van der Waals surface area contributed by atoms with Gasteiger partial charge in [0.2, 0.25) is 0 Å². The first-order valence-corrected chi connectivity index (χ1v) is 6.11. The number of ether oxygens (including phenoxy) is 1. The molecule has 17 heavy (non-hydrogen) atoms. The van der Waals surface area contributed by atoms with Gasteiger partial charge in [-0.3, -0.25) is 9.59 Å². The quantitative estimate of drug-likeness (QED) is 0.634. The van der Waals surface area contributed by atoms with Crippen LogP contribution in [0, 0.1) is 5.92 Å². The number of benzene rings is 1. The number of hydrogen-bond donors (Lipinski definition) is 0. The molecule has 0 aliphatic rings. The normalized spacial score (nSPS) is 13.9. The Morgan fingerprint density at radius 1 is 1.29 bits per heavy atom. The summed E-state index contributed by atoms with van der Waals surface area (Å²) in [5.74, 6) is -1.63. The molecule has 0 spiro atoms. The van der Waals surface area contributed by atoms with Gasteiger partial charge in [0.05, 0.1) is 7.11 Å². The lowest BCUT2D eigenvalue weighted by Crippen LogP contribution is -2.28. The van der Waals surface area contributed by atoms with Gasteiger partial charge in [-0.15, -0.1) is 0 Å². The Morgan fingerprint density at radius 2 is 1.88 bits per heavy atom. The maximum absolute atomic E-state index is 11.6. The second-order valence-corrected chi connectivity index (χ2v) is 4.78. The molecule has 0 saturated carbocycles. The highest BCUT2D eigenvalue weighted by atomic mass is 79.9. The fourth-order valence-electron chi connectivity index (χ4n) is 1.87. The summed E-state index contributed by atoms with van der Waals surface area (Å²) >= 11 is 3.42. The molecule has 4 heteroatoms. The van der Waals surface area contributed by atoms with Crippen molar-refractivity contribution in [2.75, 3.05) is 7.11 Å². The van der Waals surface area contributed by atoms with Crippen molar-refractivity contribution in [3.63, 3.8) is 0 Å². The number of ketones is 1. The van der Waals surface area contributed by atoms with E-state index in [4.69, 9.17) is 0 Å². The molecule has 3 nitrogen and oxygen atoms in total. The first-order chi connectivity index (χ1) is 7.99. The molecule has 0 radical (unpaired) electrons. The lowest BCUT2D eigenvalue weighted by atomic mass is 9.85. The third-order valence-electron chi connectivity index (χ3n) is 2.79. The molecule has 1 aromatic rings. The second kappa shape index (κ2) is 5.96. The molecule has 2 atom stereocenters. The molecule has 0 aliphatic heterocycles. The molecule has 0 heterocycles. The Balaban J connectivity index is 3.09. The van der Waals surface area contributed by atoms with Gasteiger partial charge in [0, 0.05) is 10.4 Å². The Labute approximate surface area is 109 Å². The number of hydrogen-bond acceptors (Lipinski definition) is 3. The van der Waals surface area contributed by atoms with E-state index in [1.54, 1.807) is 0 Å². The first-order valence-electron chi connectivity index (χ1n) is 5.31. The lowest BCUT2D eigenvalue weighted by molar-refractivity contribution is -0.149. The summed E-state index contributed by atoms with van der Waals surface area (Å²) < 4.78 is 5.57. The topological polar surface area (TPSA) is 43.4 Å². The fourth-order valence-corrected chi connectivity index (χ4v) is 2.52. The zero-order chi connectivity index (χ0) is 13.0. The second-order valence-electron chi connectivity index (χ2n) is 3.92. The summed E-state index contributed by atoms with van der Waals surface area (Å²) in [6.45, 7) is 3.26. The molecular weight excluding hydrogens is 284 g/mol. The third kappa shape index (κ3) is 3.16. The molecule has 0 fully saturated rings. The fraction of sp³-hybridized carbons (Fsp3) is 0.385. The number of rotatable bonds is 4. The molecule has 0 amide bonds. The van der Waals surface area contributed by atoms with E-state index in [2.05, 4.69) is 20.7 Å². The van der Waals surface area contributed by atoms with Crippen LogP contribution in [0.15, 0.2) is 28.7 Å². The maximum Gasteiger partial charge on any atom is 0.316 e. The predicted molar refractivity (Wildman–Crippen MR) is 68.7 cm³/mol. The van der Waals surface area contributed by atoms with Gasteiger partial charge in [-0.25, -0.2) is 0 Å². The van der Waals surface area contributed by atoms with Gasteiger partial charge in [-0.2, -0.15) is 0 Å². The number of esters is 1. The van der Waals surface area contributed by atoms with E-state index in [-0.39, 0.29) is 11.7 Å². The van der Waals surface area contributed by atoms with Gasteiger partial charge < -0.3 is 4.74 Å². The maximum atomic E-state index is 11.6. The molecule has 92 valence electrons. The van der Waals surface area contributed by atoms with E-state index in [1.165, 1.54) is 14.0 Å². The van der Waals surface area contributed by atoms with Gasteiger partial charge in [-0.1, -0.05) is 41.1 Å². The van der Waals surface area contributed by atoms with E-state index < -0.39 is 11.9 Å². The summed E-state index contributed by atoms with van der Waals surface area (Å²) in [5, 5.41) is 0. The van der Waals surface area contributed by atoms with Crippen molar-refractivity contribution in [3.8, 4) is 0 Å². The highest BCUT2D eigenvalue weighted by Gasteiger charge is 2.32. The predicted octanol–water partition coefficient (Wildman–Crippen LogP) is 2.93. The van der Waals surface area contributed by atoms with Crippen LogP contribution in [0.25, 0.3) is 0 Å². The molecule has 0 bridgehead atoms. The summed E-state index contributed by atoms with van der Waals surface area (Å²) in [6, 6.07) is 7.56. The molecule has 1 aromatic carbocycles. The monoisotopic (exact) mass is 298 g/mol.